The molecule has 1 fully saturated rings. The molecule has 3 rings (SSSR count). The van der Waals surface area contributed by atoms with Crippen LogP contribution in [0.5, 0.6) is 0 Å². The zero-order valence-corrected chi connectivity index (χ0v) is 16.1. The molecule has 0 spiro atoms. The minimum atomic E-state index is -0.381. The molecule has 1 aliphatic heterocycles. The smallest absolute Gasteiger partial charge is 0.269 e. The number of benzene rings is 1. The van der Waals surface area contributed by atoms with Gasteiger partial charge in [0.25, 0.3) is 5.69 Å². The Kier molecular flexibility index (Phi) is 6.54. The van der Waals surface area contributed by atoms with Crippen LogP contribution < -0.4 is 10.6 Å². The summed E-state index contributed by atoms with van der Waals surface area (Å²) >= 11 is 1.71. The van der Waals surface area contributed by atoms with Crippen molar-refractivity contribution >= 4 is 22.9 Å². The standard InChI is InChI=1S/C19H24N4O3S/c1-20-19(24)13-22-10-8-15(9-11-22)21-12-17-6-7-18(27-17)14-2-4-16(5-3-14)23(25)26/h2-7,15,21H,8-13H2,1H3,(H,20,24). The average molecular weight is 388 g/mol. The van der Waals surface area contributed by atoms with Crippen molar-refractivity contribution in [3.8, 4) is 10.4 Å². The largest absolute Gasteiger partial charge is 0.358 e. The second-order valence-electron chi connectivity index (χ2n) is 6.67. The predicted molar refractivity (Wildman–Crippen MR) is 107 cm³/mol. The van der Waals surface area contributed by atoms with Crippen LogP contribution in [0.25, 0.3) is 10.4 Å². The number of likely N-dealkylation sites (N-methyl/N-ethyl adjacent to an activating group) is 1. The summed E-state index contributed by atoms with van der Waals surface area (Å²) in [6.07, 6.45) is 2.08. The Morgan fingerprint density at radius 1 is 1.22 bits per heavy atom. The monoisotopic (exact) mass is 388 g/mol. The number of piperidine rings is 1. The van der Waals surface area contributed by atoms with Gasteiger partial charge in [0.1, 0.15) is 0 Å². The van der Waals surface area contributed by atoms with Gasteiger partial charge in [0.15, 0.2) is 0 Å². The van der Waals surface area contributed by atoms with Crippen molar-refractivity contribution in [3.05, 3.63) is 51.4 Å². The highest BCUT2D eigenvalue weighted by molar-refractivity contribution is 7.15. The second kappa shape index (κ2) is 9.07. The molecule has 1 aromatic heterocycles. The lowest BCUT2D eigenvalue weighted by atomic mass is 10.1. The summed E-state index contributed by atoms with van der Waals surface area (Å²) in [7, 11) is 1.67. The van der Waals surface area contributed by atoms with E-state index in [-0.39, 0.29) is 16.5 Å². The van der Waals surface area contributed by atoms with E-state index in [0.29, 0.717) is 12.6 Å². The molecule has 0 atom stereocenters. The first kappa shape index (κ1) is 19.5. The average Bonchev–Trinajstić information content (AvgIpc) is 3.16. The molecular weight excluding hydrogens is 364 g/mol. The molecule has 0 aliphatic carbocycles. The number of amides is 1. The van der Waals surface area contributed by atoms with Gasteiger partial charge in [-0.15, -0.1) is 11.3 Å². The Balaban J connectivity index is 1.47. The molecule has 2 heterocycles. The van der Waals surface area contributed by atoms with Gasteiger partial charge in [-0.2, -0.15) is 0 Å². The molecule has 2 N–H and O–H groups in total. The van der Waals surface area contributed by atoms with Gasteiger partial charge in [0.2, 0.25) is 5.91 Å². The zero-order valence-electron chi connectivity index (χ0n) is 15.3. The van der Waals surface area contributed by atoms with Crippen molar-refractivity contribution in [1.29, 1.82) is 0 Å². The summed E-state index contributed by atoms with van der Waals surface area (Å²) in [6, 6.07) is 11.3. The molecule has 0 saturated carbocycles. The SMILES string of the molecule is CNC(=O)CN1CCC(NCc2ccc(-c3ccc([N+](=O)[O-])cc3)s2)CC1. The Morgan fingerprint density at radius 2 is 1.93 bits per heavy atom. The van der Waals surface area contributed by atoms with E-state index < -0.39 is 0 Å². The first-order valence-electron chi connectivity index (χ1n) is 9.05. The second-order valence-corrected chi connectivity index (χ2v) is 7.84. The number of nitrogens with zero attached hydrogens (tertiary/aromatic N) is 2. The molecule has 1 aromatic carbocycles. The molecule has 27 heavy (non-hydrogen) atoms. The van der Waals surface area contributed by atoms with Crippen molar-refractivity contribution in [3.63, 3.8) is 0 Å². The van der Waals surface area contributed by atoms with Gasteiger partial charge < -0.3 is 10.6 Å². The van der Waals surface area contributed by atoms with Gasteiger partial charge in [-0.25, -0.2) is 0 Å². The van der Waals surface area contributed by atoms with Crippen LogP contribution in [0, 0.1) is 10.1 Å². The molecule has 8 heteroatoms. The third-order valence-electron chi connectivity index (χ3n) is 4.82. The molecule has 2 aromatic rings. The molecular formula is C19H24N4O3S. The number of nitrogens with one attached hydrogen (secondary N) is 2. The summed E-state index contributed by atoms with van der Waals surface area (Å²) < 4.78 is 0. The zero-order chi connectivity index (χ0) is 19.2. The number of thiophene rings is 1. The van der Waals surface area contributed by atoms with Crippen LogP contribution in [0.2, 0.25) is 0 Å². The van der Waals surface area contributed by atoms with Gasteiger partial charge in [0, 0.05) is 54.6 Å². The minimum Gasteiger partial charge on any atom is -0.358 e. The first-order chi connectivity index (χ1) is 13.0. The summed E-state index contributed by atoms with van der Waals surface area (Å²) in [5, 5.41) is 17.0. The van der Waals surface area contributed by atoms with E-state index in [2.05, 4.69) is 27.7 Å². The van der Waals surface area contributed by atoms with Crippen LogP contribution >= 0.6 is 11.3 Å². The van der Waals surface area contributed by atoms with Crippen LogP contribution in [-0.2, 0) is 11.3 Å². The molecule has 1 saturated heterocycles. The van der Waals surface area contributed by atoms with Gasteiger partial charge in [0.05, 0.1) is 11.5 Å². The molecule has 0 bridgehead atoms. The number of nitro benzene ring substituents is 1. The van der Waals surface area contributed by atoms with Crippen LogP contribution in [0.3, 0.4) is 0 Å². The van der Waals surface area contributed by atoms with E-state index in [1.54, 1.807) is 42.6 Å². The maximum absolute atomic E-state index is 11.4. The summed E-state index contributed by atoms with van der Waals surface area (Å²) in [4.78, 5) is 26.4. The van der Waals surface area contributed by atoms with E-state index in [0.717, 1.165) is 42.9 Å². The molecule has 7 nitrogen and oxygen atoms in total. The van der Waals surface area contributed by atoms with E-state index in [1.165, 1.54) is 4.88 Å². The number of carbonyl (C=O) groups excluding carboxylic acids is 1. The fourth-order valence-electron chi connectivity index (χ4n) is 3.20. The fraction of sp³-hybridized carbons (Fsp3) is 0.421. The van der Waals surface area contributed by atoms with Gasteiger partial charge in [-0.3, -0.25) is 19.8 Å². The van der Waals surface area contributed by atoms with E-state index >= 15 is 0 Å². The number of hydrogen-bond donors (Lipinski definition) is 2. The van der Waals surface area contributed by atoms with Gasteiger partial charge in [-0.1, -0.05) is 0 Å². The normalized spacial score (nSPS) is 15.6. The number of likely N-dealkylation sites (tertiary alicyclic amines) is 1. The molecule has 1 amide bonds. The van der Waals surface area contributed by atoms with Crippen molar-refractivity contribution in [1.82, 2.24) is 15.5 Å². The predicted octanol–water partition coefficient (Wildman–Crippen LogP) is 2.62. The van der Waals surface area contributed by atoms with E-state index in [9.17, 15) is 14.9 Å². The van der Waals surface area contributed by atoms with Crippen molar-refractivity contribution in [2.75, 3.05) is 26.7 Å². The van der Waals surface area contributed by atoms with Crippen LogP contribution in [0.4, 0.5) is 5.69 Å². The number of nitro groups is 1. The highest BCUT2D eigenvalue weighted by atomic mass is 32.1. The lowest BCUT2D eigenvalue weighted by molar-refractivity contribution is -0.384. The van der Waals surface area contributed by atoms with Crippen LogP contribution in [0.15, 0.2) is 36.4 Å². The summed E-state index contributed by atoms with van der Waals surface area (Å²) in [5.41, 5.74) is 1.11. The van der Waals surface area contributed by atoms with Crippen LogP contribution in [0.1, 0.15) is 17.7 Å². The molecule has 1 aliphatic rings. The molecule has 0 radical (unpaired) electrons. The number of carbonyl (C=O) groups is 1. The topological polar surface area (TPSA) is 87.5 Å². The van der Waals surface area contributed by atoms with E-state index in [1.807, 2.05) is 0 Å². The number of hydrogen-bond acceptors (Lipinski definition) is 6. The maximum Gasteiger partial charge on any atom is 0.269 e. The summed E-state index contributed by atoms with van der Waals surface area (Å²) in [5.74, 6) is 0.0683. The highest BCUT2D eigenvalue weighted by Gasteiger charge is 2.20. The van der Waals surface area contributed by atoms with Gasteiger partial charge in [-0.05, 0) is 42.7 Å². The Labute approximate surface area is 162 Å². The maximum atomic E-state index is 11.4. The van der Waals surface area contributed by atoms with Crippen LogP contribution in [-0.4, -0.2) is 48.5 Å². The van der Waals surface area contributed by atoms with E-state index in [4.69, 9.17) is 0 Å². The Bertz CT molecular complexity index is 783. The lowest BCUT2D eigenvalue weighted by Crippen LogP contribution is -2.45. The first-order valence-corrected chi connectivity index (χ1v) is 9.86. The fourth-order valence-corrected chi connectivity index (χ4v) is 4.16. The quantitative estimate of drug-likeness (QED) is 0.562. The number of non-ortho nitro benzene ring substituents is 1. The third-order valence-corrected chi connectivity index (χ3v) is 5.96. The Hall–Kier alpha value is -2.29. The number of rotatable bonds is 7. The van der Waals surface area contributed by atoms with Crippen molar-refractivity contribution in [2.24, 2.45) is 0 Å². The molecule has 0 unspecified atom stereocenters. The highest BCUT2D eigenvalue weighted by Crippen LogP contribution is 2.29. The van der Waals surface area contributed by atoms with Gasteiger partial charge >= 0.3 is 0 Å². The summed E-state index contributed by atoms with van der Waals surface area (Å²) in [6.45, 7) is 3.16. The lowest BCUT2D eigenvalue weighted by Gasteiger charge is -2.31. The van der Waals surface area contributed by atoms with Crippen molar-refractivity contribution < 1.29 is 9.72 Å². The Morgan fingerprint density at radius 3 is 2.56 bits per heavy atom. The molecule has 144 valence electrons. The third kappa shape index (κ3) is 5.35. The minimum absolute atomic E-state index is 0.0683. The van der Waals surface area contributed by atoms with Crippen molar-refractivity contribution in [2.45, 2.75) is 25.4 Å².